The lowest BCUT2D eigenvalue weighted by atomic mass is 10.0. The number of anilines is 1. The van der Waals surface area contributed by atoms with Crippen LogP contribution in [-0.4, -0.2) is 32.8 Å². The molecule has 0 aliphatic carbocycles. The van der Waals surface area contributed by atoms with E-state index < -0.39 is 0 Å². The number of nitrogens with zero attached hydrogens (tertiary/aromatic N) is 1. The zero-order chi connectivity index (χ0) is 12.8. The Balaban J connectivity index is 2.00. The van der Waals surface area contributed by atoms with Gasteiger partial charge in [-0.15, -0.1) is 0 Å². The van der Waals surface area contributed by atoms with Crippen molar-refractivity contribution in [1.29, 1.82) is 0 Å². The molecule has 0 amide bonds. The van der Waals surface area contributed by atoms with Crippen molar-refractivity contribution in [3.63, 3.8) is 0 Å². The van der Waals surface area contributed by atoms with E-state index in [9.17, 15) is 0 Å². The molecule has 3 heteroatoms. The molecule has 1 saturated heterocycles. The number of rotatable bonds is 5. The number of ether oxygens (including phenoxy) is 1. The first-order chi connectivity index (χ1) is 8.85. The lowest BCUT2D eigenvalue weighted by Crippen LogP contribution is -2.42. The van der Waals surface area contributed by atoms with Crippen LogP contribution >= 0.6 is 0 Å². The fourth-order valence-electron chi connectivity index (χ4n) is 2.71. The van der Waals surface area contributed by atoms with Gasteiger partial charge in [-0.3, -0.25) is 0 Å². The van der Waals surface area contributed by atoms with E-state index in [0.29, 0.717) is 12.6 Å². The van der Waals surface area contributed by atoms with Crippen LogP contribution < -0.4 is 10.2 Å². The van der Waals surface area contributed by atoms with Gasteiger partial charge in [-0.2, -0.15) is 0 Å². The maximum Gasteiger partial charge on any atom is 0.0733 e. The van der Waals surface area contributed by atoms with Crippen LogP contribution in [0, 0.1) is 0 Å². The first-order valence-corrected chi connectivity index (χ1v) is 6.90. The summed E-state index contributed by atoms with van der Waals surface area (Å²) in [5.74, 6) is 0. The monoisotopic (exact) mass is 248 g/mol. The number of para-hydroxylation sites is 1. The van der Waals surface area contributed by atoms with Crippen molar-refractivity contribution in [2.24, 2.45) is 0 Å². The SMILES string of the molecule is CCNC1CCN(c2ccccc2COC)CC1. The minimum atomic E-state index is 0.695. The van der Waals surface area contributed by atoms with Gasteiger partial charge in [-0.1, -0.05) is 25.1 Å². The fraction of sp³-hybridized carbons (Fsp3) is 0.600. The summed E-state index contributed by atoms with van der Waals surface area (Å²) in [6.45, 7) is 6.23. The van der Waals surface area contributed by atoms with Gasteiger partial charge in [-0.25, -0.2) is 0 Å². The molecule has 1 aliphatic heterocycles. The smallest absolute Gasteiger partial charge is 0.0733 e. The zero-order valence-electron chi connectivity index (χ0n) is 11.5. The Morgan fingerprint density at radius 3 is 2.67 bits per heavy atom. The number of piperidine rings is 1. The van der Waals surface area contributed by atoms with Gasteiger partial charge in [0.1, 0.15) is 0 Å². The summed E-state index contributed by atoms with van der Waals surface area (Å²) < 4.78 is 5.28. The summed E-state index contributed by atoms with van der Waals surface area (Å²) in [5.41, 5.74) is 2.64. The highest BCUT2D eigenvalue weighted by molar-refractivity contribution is 5.53. The second-order valence-corrected chi connectivity index (χ2v) is 4.88. The lowest BCUT2D eigenvalue weighted by Gasteiger charge is -2.35. The third-order valence-electron chi connectivity index (χ3n) is 3.62. The van der Waals surface area contributed by atoms with Crippen molar-refractivity contribution in [3.05, 3.63) is 29.8 Å². The second kappa shape index (κ2) is 6.76. The largest absolute Gasteiger partial charge is 0.380 e. The van der Waals surface area contributed by atoms with Gasteiger partial charge in [0.05, 0.1) is 6.61 Å². The van der Waals surface area contributed by atoms with Gasteiger partial charge in [0.15, 0.2) is 0 Å². The van der Waals surface area contributed by atoms with Crippen molar-refractivity contribution in [1.82, 2.24) is 5.32 Å². The molecule has 0 saturated carbocycles. The van der Waals surface area contributed by atoms with Crippen LogP contribution in [0.1, 0.15) is 25.3 Å². The van der Waals surface area contributed by atoms with Crippen LogP contribution in [0.2, 0.25) is 0 Å². The molecule has 1 aromatic rings. The molecular formula is C15H24N2O. The molecule has 1 heterocycles. The summed E-state index contributed by atoms with van der Waals surface area (Å²) in [6.07, 6.45) is 2.46. The highest BCUT2D eigenvalue weighted by Gasteiger charge is 2.19. The molecule has 1 fully saturated rings. The van der Waals surface area contributed by atoms with Crippen molar-refractivity contribution in [2.75, 3.05) is 31.6 Å². The summed E-state index contributed by atoms with van der Waals surface area (Å²) in [6, 6.07) is 9.27. The van der Waals surface area contributed by atoms with E-state index >= 15 is 0 Å². The Bertz CT molecular complexity index is 359. The normalized spacial score (nSPS) is 17.1. The highest BCUT2D eigenvalue weighted by atomic mass is 16.5. The first kappa shape index (κ1) is 13.4. The Kier molecular flexibility index (Phi) is 5.02. The quantitative estimate of drug-likeness (QED) is 0.866. The molecule has 1 aromatic carbocycles. The Labute approximate surface area is 110 Å². The number of benzene rings is 1. The average molecular weight is 248 g/mol. The molecule has 0 aromatic heterocycles. The van der Waals surface area contributed by atoms with Gasteiger partial charge in [0, 0.05) is 37.5 Å². The van der Waals surface area contributed by atoms with Gasteiger partial charge >= 0.3 is 0 Å². The molecule has 3 nitrogen and oxygen atoms in total. The lowest BCUT2D eigenvalue weighted by molar-refractivity contribution is 0.185. The van der Waals surface area contributed by atoms with Crippen LogP contribution in [0.3, 0.4) is 0 Å². The van der Waals surface area contributed by atoms with Crippen molar-refractivity contribution < 1.29 is 4.74 Å². The van der Waals surface area contributed by atoms with Gasteiger partial charge in [0.2, 0.25) is 0 Å². The number of nitrogens with one attached hydrogen (secondary N) is 1. The molecule has 0 atom stereocenters. The maximum atomic E-state index is 5.28. The summed E-state index contributed by atoms with van der Waals surface area (Å²) in [7, 11) is 1.76. The topological polar surface area (TPSA) is 24.5 Å². The van der Waals surface area contributed by atoms with E-state index in [2.05, 4.69) is 41.4 Å². The Morgan fingerprint density at radius 1 is 1.28 bits per heavy atom. The molecule has 0 spiro atoms. The second-order valence-electron chi connectivity index (χ2n) is 4.88. The van der Waals surface area contributed by atoms with E-state index in [1.165, 1.54) is 24.1 Å². The fourth-order valence-corrected chi connectivity index (χ4v) is 2.71. The van der Waals surface area contributed by atoms with E-state index in [0.717, 1.165) is 19.6 Å². The van der Waals surface area contributed by atoms with Gasteiger partial charge in [-0.05, 0) is 25.5 Å². The molecule has 0 unspecified atom stereocenters. The predicted molar refractivity (Wildman–Crippen MR) is 76.1 cm³/mol. The van der Waals surface area contributed by atoms with Crippen LogP contribution in [-0.2, 0) is 11.3 Å². The molecule has 2 rings (SSSR count). The van der Waals surface area contributed by atoms with E-state index in [1.54, 1.807) is 7.11 Å². The number of hydrogen-bond donors (Lipinski definition) is 1. The van der Waals surface area contributed by atoms with Crippen molar-refractivity contribution in [2.45, 2.75) is 32.4 Å². The Morgan fingerprint density at radius 2 is 2.00 bits per heavy atom. The minimum Gasteiger partial charge on any atom is -0.380 e. The maximum absolute atomic E-state index is 5.28. The molecule has 1 aliphatic rings. The van der Waals surface area contributed by atoms with E-state index in [4.69, 9.17) is 4.74 Å². The van der Waals surface area contributed by atoms with Crippen molar-refractivity contribution >= 4 is 5.69 Å². The third kappa shape index (κ3) is 3.24. The van der Waals surface area contributed by atoms with Crippen LogP contribution in [0.15, 0.2) is 24.3 Å². The van der Waals surface area contributed by atoms with E-state index in [-0.39, 0.29) is 0 Å². The molecule has 18 heavy (non-hydrogen) atoms. The third-order valence-corrected chi connectivity index (χ3v) is 3.62. The zero-order valence-corrected chi connectivity index (χ0v) is 11.5. The van der Waals surface area contributed by atoms with Crippen LogP contribution in [0.4, 0.5) is 5.69 Å². The summed E-state index contributed by atoms with van der Waals surface area (Å²) in [4.78, 5) is 2.49. The van der Waals surface area contributed by atoms with E-state index in [1.807, 2.05) is 0 Å². The minimum absolute atomic E-state index is 0.695. The van der Waals surface area contributed by atoms with Gasteiger partial charge < -0.3 is 15.0 Å². The molecule has 0 bridgehead atoms. The number of hydrogen-bond acceptors (Lipinski definition) is 3. The van der Waals surface area contributed by atoms with Crippen molar-refractivity contribution in [3.8, 4) is 0 Å². The molecule has 0 radical (unpaired) electrons. The molecule has 1 N–H and O–H groups in total. The number of methoxy groups -OCH3 is 1. The predicted octanol–water partition coefficient (Wildman–Crippen LogP) is 2.41. The molecular weight excluding hydrogens is 224 g/mol. The van der Waals surface area contributed by atoms with Crippen LogP contribution in [0.25, 0.3) is 0 Å². The summed E-state index contributed by atoms with van der Waals surface area (Å²) >= 11 is 0. The summed E-state index contributed by atoms with van der Waals surface area (Å²) in [5, 5.41) is 3.54. The average Bonchev–Trinajstić information content (AvgIpc) is 2.41. The standard InChI is InChI=1S/C15H24N2O/c1-3-16-14-8-10-17(11-9-14)15-7-5-4-6-13(15)12-18-2/h4-7,14,16H,3,8-12H2,1-2H3. The first-order valence-electron chi connectivity index (χ1n) is 6.90. The Hall–Kier alpha value is -1.06. The molecule has 100 valence electrons. The van der Waals surface area contributed by atoms with Gasteiger partial charge in [0.25, 0.3) is 0 Å². The van der Waals surface area contributed by atoms with Crippen LogP contribution in [0.5, 0.6) is 0 Å². The highest BCUT2D eigenvalue weighted by Crippen LogP contribution is 2.24.